The predicted octanol–water partition coefficient (Wildman–Crippen LogP) is 3.85. The molecule has 1 heterocycles. The second kappa shape index (κ2) is 13.5. The number of rotatable bonds is 9. The van der Waals surface area contributed by atoms with Gasteiger partial charge in [0.1, 0.15) is 0 Å². The average Bonchev–Trinajstić information content (AvgIpc) is 3.10. The van der Waals surface area contributed by atoms with Crippen LogP contribution in [0.1, 0.15) is 46.4 Å². The largest absolute Gasteiger partial charge is 0.357 e. The smallest absolute Gasteiger partial charge is 0.253 e. The zero-order chi connectivity index (χ0) is 20.4. The first-order chi connectivity index (χ1) is 13.5. The second-order valence-electron chi connectivity index (χ2n) is 6.86. The van der Waals surface area contributed by atoms with E-state index in [-0.39, 0.29) is 29.9 Å². The zero-order valence-electron chi connectivity index (χ0n) is 17.7. The topological polar surface area (TPSA) is 69.6 Å². The molecular weight excluding hydrogens is 497 g/mol. The van der Waals surface area contributed by atoms with Gasteiger partial charge in [-0.3, -0.25) is 4.79 Å². The maximum Gasteiger partial charge on any atom is 0.253 e. The summed E-state index contributed by atoms with van der Waals surface area (Å²) in [5.41, 5.74) is 2.88. The minimum atomic E-state index is 0. The molecule has 8 heteroatoms. The molecule has 6 nitrogen and oxygen atoms in total. The van der Waals surface area contributed by atoms with Crippen LogP contribution in [-0.4, -0.2) is 48.9 Å². The standard InChI is InChI=1S/C21H31N5OS.HI/c1-5-22-21(23-13-7-6-8-19-25-16(2)15-28-19)24-14-17-9-11-18(12-10-17)20(27)26(3)4;/h9-12,15H,5-8,13-14H2,1-4H3,(H2,22,23,24);1H. The zero-order valence-corrected chi connectivity index (χ0v) is 20.8. The molecule has 2 rings (SSSR count). The van der Waals surface area contributed by atoms with Crippen LogP contribution < -0.4 is 10.6 Å². The number of nitrogens with zero attached hydrogens (tertiary/aromatic N) is 3. The van der Waals surface area contributed by atoms with Crippen molar-refractivity contribution < 1.29 is 4.79 Å². The Hall–Kier alpha value is -1.68. The van der Waals surface area contributed by atoms with Gasteiger partial charge in [0.25, 0.3) is 5.91 Å². The van der Waals surface area contributed by atoms with Crippen LogP contribution >= 0.6 is 35.3 Å². The monoisotopic (exact) mass is 529 g/mol. The Morgan fingerprint density at radius 1 is 1.17 bits per heavy atom. The van der Waals surface area contributed by atoms with E-state index in [0.29, 0.717) is 12.1 Å². The molecular formula is C21H32IN5OS. The molecule has 1 aromatic carbocycles. The van der Waals surface area contributed by atoms with Crippen molar-refractivity contribution in [2.24, 2.45) is 4.99 Å². The maximum absolute atomic E-state index is 11.9. The highest BCUT2D eigenvalue weighted by Crippen LogP contribution is 2.11. The molecule has 0 aliphatic rings. The van der Waals surface area contributed by atoms with E-state index in [0.717, 1.165) is 49.6 Å². The van der Waals surface area contributed by atoms with Crippen molar-refractivity contribution in [1.29, 1.82) is 0 Å². The number of guanidine groups is 1. The Balaban J connectivity index is 0.00000420. The van der Waals surface area contributed by atoms with Crippen molar-refractivity contribution in [3.63, 3.8) is 0 Å². The first kappa shape index (κ1) is 25.4. The van der Waals surface area contributed by atoms with Crippen LogP contribution in [0, 0.1) is 6.92 Å². The number of nitrogens with one attached hydrogen (secondary N) is 2. The number of thiazole rings is 1. The first-order valence-corrected chi connectivity index (χ1v) is 10.6. The Morgan fingerprint density at radius 3 is 2.48 bits per heavy atom. The fourth-order valence-electron chi connectivity index (χ4n) is 2.65. The quantitative estimate of drug-likeness (QED) is 0.224. The Bertz CT molecular complexity index is 774. The van der Waals surface area contributed by atoms with Gasteiger partial charge < -0.3 is 15.5 Å². The number of amides is 1. The molecule has 0 unspecified atom stereocenters. The van der Waals surface area contributed by atoms with Gasteiger partial charge in [0.15, 0.2) is 5.96 Å². The number of hydrogen-bond acceptors (Lipinski definition) is 4. The van der Waals surface area contributed by atoms with E-state index in [4.69, 9.17) is 0 Å². The van der Waals surface area contributed by atoms with Crippen molar-refractivity contribution in [1.82, 2.24) is 20.5 Å². The van der Waals surface area contributed by atoms with Gasteiger partial charge >= 0.3 is 0 Å². The van der Waals surface area contributed by atoms with E-state index in [1.54, 1.807) is 30.3 Å². The lowest BCUT2D eigenvalue weighted by molar-refractivity contribution is 0.0827. The van der Waals surface area contributed by atoms with Gasteiger partial charge in [-0.1, -0.05) is 12.1 Å². The molecule has 0 atom stereocenters. The summed E-state index contributed by atoms with van der Waals surface area (Å²) in [7, 11) is 3.51. The van der Waals surface area contributed by atoms with Crippen molar-refractivity contribution in [2.45, 2.75) is 39.7 Å². The summed E-state index contributed by atoms with van der Waals surface area (Å²) in [4.78, 5) is 22.7. The average molecular weight is 529 g/mol. The molecule has 2 N–H and O–H groups in total. The summed E-state index contributed by atoms with van der Waals surface area (Å²) < 4.78 is 0. The Labute approximate surface area is 195 Å². The molecule has 1 aromatic heterocycles. The Morgan fingerprint density at radius 2 is 1.90 bits per heavy atom. The highest BCUT2D eigenvalue weighted by atomic mass is 127. The maximum atomic E-state index is 11.9. The van der Waals surface area contributed by atoms with Crippen LogP contribution in [0.3, 0.4) is 0 Å². The van der Waals surface area contributed by atoms with E-state index in [1.165, 1.54) is 5.01 Å². The number of carbonyl (C=O) groups excluding carboxylic acids is 1. The van der Waals surface area contributed by atoms with E-state index in [1.807, 2.05) is 31.2 Å². The number of aryl methyl sites for hydroxylation is 2. The van der Waals surface area contributed by atoms with Crippen LogP contribution in [0.2, 0.25) is 0 Å². The minimum absolute atomic E-state index is 0. The third kappa shape index (κ3) is 9.12. The lowest BCUT2D eigenvalue weighted by Crippen LogP contribution is -2.37. The van der Waals surface area contributed by atoms with Gasteiger partial charge in [-0.05, 0) is 50.8 Å². The molecule has 0 bridgehead atoms. The predicted molar refractivity (Wildman–Crippen MR) is 132 cm³/mol. The highest BCUT2D eigenvalue weighted by Gasteiger charge is 2.07. The normalized spacial score (nSPS) is 11.0. The van der Waals surface area contributed by atoms with E-state index in [9.17, 15) is 4.79 Å². The van der Waals surface area contributed by atoms with Crippen LogP contribution in [0.4, 0.5) is 0 Å². The highest BCUT2D eigenvalue weighted by molar-refractivity contribution is 14.0. The van der Waals surface area contributed by atoms with Crippen molar-refractivity contribution in [2.75, 3.05) is 27.2 Å². The molecule has 0 saturated carbocycles. The minimum Gasteiger partial charge on any atom is -0.357 e. The van der Waals surface area contributed by atoms with Gasteiger partial charge in [0, 0.05) is 43.8 Å². The van der Waals surface area contributed by atoms with Gasteiger partial charge in [0.05, 0.1) is 11.6 Å². The van der Waals surface area contributed by atoms with Gasteiger partial charge in [0.2, 0.25) is 0 Å². The van der Waals surface area contributed by atoms with Crippen molar-refractivity contribution in [3.05, 3.63) is 51.5 Å². The van der Waals surface area contributed by atoms with E-state index in [2.05, 4.69) is 32.9 Å². The number of carbonyl (C=O) groups is 1. The second-order valence-corrected chi connectivity index (χ2v) is 7.80. The SMILES string of the molecule is CCNC(=NCc1ccc(C(=O)N(C)C)cc1)NCCCCc1nc(C)cs1.I. The molecule has 0 spiro atoms. The Kier molecular flexibility index (Phi) is 11.8. The molecule has 160 valence electrons. The van der Waals surface area contributed by atoms with Crippen LogP contribution in [0.15, 0.2) is 34.6 Å². The van der Waals surface area contributed by atoms with Crippen LogP contribution in [0.25, 0.3) is 0 Å². The summed E-state index contributed by atoms with van der Waals surface area (Å²) in [5, 5.41) is 9.99. The number of hydrogen-bond donors (Lipinski definition) is 2. The van der Waals surface area contributed by atoms with Crippen LogP contribution in [-0.2, 0) is 13.0 Å². The van der Waals surface area contributed by atoms with E-state index < -0.39 is 0 Å². The van der Waals surface area contributed by atoms with Gasteiger partial charge in [-0.25, -0.2) is 9.98 Å². The third-order valence-electron chi connectivity index (χ3n) is 4.15. The third-order valence-corrected chi connectivity index (χ3v) is 5.17. The summed E-state index contributed by atoms with van der Waals surface area (Å²) >= 11 is 1.74. The number of halogens is 1. The molecule has 0 aliphatic carbocycles. The molecule has 0 saturated heterocycles. The molecule has 29 heavy (non-hydrogen) atoms. The summed E-state index contributed by atoms with van der Waals surface area (Å²) in [6.07, 6.45) is 3.22. The molecule has 0 radical (unpaired) electrons. The summed E-state index contributed by atoms with van der Waals surface area (Å²) in [5.74, 6) is 0.832. The van der Waals surface area contributed by atoms with Crippen molar-refractivity contribution in [3.8, 4) is 0 Å². The molecule has 2 aromatic rings. The number of unbranched alkanes of at least 4 members (excludes halogenated alkanes) is 1. The fourth-order valence-corrected chi connectivity index (χ4v) is 3.47. The van der Waals surface area contributed by atoms with Crippen molar-refractivity contribution >= 4 is 47.2 Å². The summed E-state index contributed by atoms with van der Waals surface area (Å²) in [6.45, 7) is 6.37. The number of aromatic nitrogens is 1. The van der Waals surface area contributed by atoms with Gasteiger partial charge in [-0.15, -0.1) is 35.3 Å². The lowest BCUT2D eigenvalue weighted by atomic mass is 10.1. The fraction of sp³-hybridized carbons (Fsp3) is 0.476. The molecule has 0 fully saturated rings. The number of aliphatic imine (C=N–C) groups is 1. The first-order valence-electron chi connectivity index (χ1n) is 9.73. The molecule has 0 aliphatic heterocycles. The van der Waals surface area contributed by atoms with Crippen LogP contribution in [0.5, 0.6) is 0 Å². The molecule has 1 amide bonds. The lowest BCUT2D eigenvalue weighted by Gasteiger charge is -2.12. The van der Waals surface area contributed by atoms with E-state index >= 15 is 0 Å². The van der Waals surface area contributed by atoms with Gasteiger partial charge in [-0.2, -0.15) is 0 Å². The number of benzene rings is 1. The summed E-state index contributed by atoms with van der Waals surface area (Å²) in [6, 6.07) is 7.63.